The van der Waals surface area contributed by atoms with Crippen LogP contribution in [0, 0.1) is 0 Å². The number of esters is 4. The van der Waals surface area contributed by atoms with Gasteiger partial charge in [-0.25, -0.2) is 4.79 Å². The topological polar surface area (TPSA) is 270 Å². The van der Waals surface area contributed by atoms with Gasteiger partial charge in [-0.1, -0.05) is 48.5 Å². The predicted molar refractivity (Wildman–Crippen MR) is 355 cm³/mol. The second-order valence-corrected chi connectivity index (χ2v) is 27.4. The molecule has 1 unspecified atom stereocenters. The fourth-order valence-corrected chi connectivity index (χ4v) is 10.4. The number of alkyl carbamates (subject to hydrolysis) is 1. The molecule has 3 amide bonds. The van der Waals surface area contributed by atoms with Crippen LogP contribution in [0.2, 0.25) is 0 Å². The highest BCUT2D eigenvalue weighted by atomic mass is 16.6. The number of ether oxygens (including phenoxy) is 11. The largest absolute Gasteiger partial charge is 0.459 e. The van der Waals surface area contributed by atoms with E-state index in [2.05, 4.69) is 28.1 Å². The number of nitrogens with one attached hydrogen (secondary N) is 3. The zero-order valence-corrected chi connectivity index (χ0v) is 58.7. The van der Waals surface area contributed by atoms with Gasteiger partial charge in [0.1, 0.15) is 41.1 Å². The molecule has 0 radical (unpaired) electrons. The predicted octanol–water partition coefficient (Wildman–Crippen LogP) is 5.76. The van der Waals surface area contributed by atoms with Gasteiger partial charge in [-0.2, -0.15) is 0 Å². The van der Waals surface area contributed by atoms with Crippen molar-refractivity contribution in [2.24, 2.45) is 0 Å². The number of benzene rings is 2. The molecule has 0 aromatic heterocycles. The average Bonchev–Trinajstić information content (AvgIpc) is 1.62. The van der Waals surface area contributed by atoms with Crippen molar-refractivity contribution in [3.05, 3.63) is 59.7 Å². The van der Waals surface area contributed by atoms with Gasteiger partial charge >= 0.3 is 30.0 Å². The van der Waals surface area contributed by atoms with E-state index in [9.17, 15) is 33.6 Å². The van der Waals surface area contributed by atoms with Gasteiger partial charge in [-0.3, -0.25) is 48.4 Å². The van der Waals surface area contributed by atoms with Crippen molar-refractivity contribution in [1.29, 1.82) is 0 Å². The van der Waals surface area contributed by atoms with Crippen LogP contribution in [0.1, 0.15) is 132 Å². The summed E-state index contributed by atoms with van der Waals surface area (Å²) < 4.78 is 61.7. The van der Waals surface area contributed by atoms with Crippen molar-refractivity contribution in [3.8, 4) is 11.1 Å². The van der Waals surface area contributed by atoms with Crippen molar-refractivity contribution in [1.82, 2.24) is 35.6 Å². The molecule has 94 heavy (non-hydrogen) atoms. The first-order chi connectivity index (χ1) is 44.5. The van der Waals surface area contributed by atoms with Crippen molar-refractivity contribution in [3.63, 3.8) is 0 Å². The van der Waals surface area contributed by atoms with E-state index in [4.69, 9.17) is 52.1 Å². The van der Waals surface area contributed by atoms with E-state index >= 15 is 0 Å². The Morgan fingerprint density at radius 3 is 1.31 bits per heavy atom. The summed E-state index contributed by atoms with van der Waals surface area (Å²) in [6.07, 6.45) is 0.393. The molecule has 2 aliphatic rings. The van der Waals surface area contributed by atoms with Gasteiger partial charge in [0, 0.05) is 84.9 Å². The third-order valence-electron chi connectivity index (χ3n) is 14.6. The summed E-state index contributed by atoms with van der Waals surface area (Å²) in [4.78, 5) is 103. The summed E-state index contributed by atoms with van der Waals surface area (Å²) in [5.41, 5.74) is 1.21. The minimum absolute atomic E-state index is 0.0231. The van der Waals surface area contributed by atoms with Crippen LogP contribution in [0.3, 0.4) is 0 Å². The smallest absolute Gasteiger partial charge is 0.407 e. The Morgan fingerprint density at radius 1 is 0.479 bits per heavy atom. The Morgan fingerprint density at radius 2 is 0.883 bits per heavy atom. The zero-order chi connectivity index (χ0) is 69.2. The van der Waals surface area contributed by atoms with Crippen molar-refractivity contribution in [2.45, 2.75) is 156 Å². The molecule has 0 saturated carbocycles. The number of hydrogen-bond donors (Lipinski definition) is 3. The van der Waals surface area contributed by atoms with E-state index in [1.165, 1.54) is 0 Å². The first-order valence-electron chi connectivity index (χ1n) is 33.3. The summed E-state index contributed by atoms with van der Waals surface area (Å²) in [6.45, 7) is 28.8. The minimum Gasteiger partial charge on any atom is -0.459 e. The first kappa shape index (κ1) is 80.6. The molecule has 0 spiro atoms. The van der Waals surface area contributed by atoms with Crippen LogP contribution in [-0.2, 0) is 80.9 Å². The number of unbranched alkanes of at least 4 members (excludes halogenated alkanes) is 1. The number of amides is 3. The van der Waals surface area contributed by atoms with Crippen molar-refractivity contribution < 1.29 is 85.7 Å². The molecule has 2 atom stereocenters. The Hall–Kier alpha value is -5.87. The molecule has 4 rings (SSSR count). The number of hydrogen-bond acceptors (Lipinski definition) is 22. The van der Waals surface area contributed by atoms with Crippen LogP contribution in [0.15, 0.2) is 48.5 Å². The third-order valence-corrected chi connectivity index (χ3v) is 14.6. The van der Waals surface area contributed by atoms with E-state index in [0.717, 1.165) is 22.3 Å². The monoisotopic (exact) mass is 1330 g/mol. The summed E-state index contributed by atoms with van der Waals surface area (Å²) in [6, 6.07) is 14.2. The molecule has 2 aromatic rings. The molecule has 1 fully saturated rings. The Labute approximate surface area is 558 Å². The summed E-state index contributed by atoms with van der Waals surface area (Å²) in [5.74, 6) is -2.74. The van der Waals surface area contributed by atoms with Gasteiger partial charge in [-0.05, 0) is 131 Å². The second-order valence-electron chi connectivity index (χ2n) is 27.4. The molecule has 25 nitrogen and oxygen atoms in total. The molecule has 1 aliphatic carbocycles. The van der Waals surface area contributed by atoms with Gasteiger partial charge in [0.2, 0.25) is 11.8 Å². The quantitative estimate of drug-likeness (QED) is 0.0409. The summed E-state index contributed by atoms with van der Waals surface area (Å²) in [7, 11) is 1.62. The van der Waals surface area contributed by atoms with Crippen molar-refractivity contribution in [2.75, 3.05) is 171 Å². The minimum atomic E-state index is -0.972. The van der Waals surface area contributed by atoms with Crippen molar-refractivity contribution >= 4 is 41.8 Å². The van der Waals surface area contributed by atoms with Gasteiger partial charge in [-0.15, -0.1) is 0 Å². The maximum absolute atomic E-state index is 14.4. The van der Waals surface area contributed by atoms with Gasteiger partial charge in [0.05, 0.1) is 92.3 Å². The maximum Gasteiger partial charge on any atom is 0.407 e. The van der Waals surface area contributed by atoms with Crippen LogP contribution < -0.4 is 16.0 Å². The lowest BCUT2D eigenvalue weighted by Crippen LogP contribution is -2.53. The zero-order valence-electron chi connectivity index (χ0n) is 58.7. The number of rotatable bonds is 38. The summed E-state index contributed by atoms with van der Waals surface area (Å²) >= 11 is 0. The highest BCUT2D eigenvalue weighted by Crippen LogP contribution is 2.44. The van der Waals surface area contributed by atoms with Crippen LogP contribution in [0.5, 0.6) is 0 Å². The highest BCUT2D eigenvalue weighted by Gasteiger charge is 2.34. The molecular formula is C69H113N7O18. The Kier molecular flexibility index (Phi) is 36.0. The standard InChI is InChI=1S/C69H113N7O18/c1-66(2,3)91-60(78)48-73-29-31-74(49-61(79)92-67(4,5)6)33-35-76(36-34-75(32-30-73)50-62(80)93-68(7,8)9)58(64(82)94-69(10,11)12)25-26-59(77)70-27-19-18-24-57(72-65(83)90-51-56-54-22-16-14-20-52(54)53-21-15-17-23-55(53)56)63(81)71-28-37-85-40-41-87-44-45-89-47-46-88-43-42-86-39-38-84-13/h14-17,20-23,56-58H,18-19,24-51H2,1-13H3,(H,70,77)(H,71,81)(H,72,83)/t57-,58?/m1/s1. The summed E-state index contributed by atoms with van der Waals surface area (Å²) in [5, 5.41) is 8.66. The van der Waals surface area contributed by atoms with Gasteiger partial charge < -0.3 is 68.1 Å². The molecule has 0 bridgehead atoms. The fourth-order valence-electron chi connectivity index (χ4n) is 10.4. The lowest BCUT2D eigenvalue weighted by molar-refractivity contribution is -0.163. The molecule has 25 heteroatoms. The normalized spacial score (nSPS) is 15.7. The number of methoxy groups -OCH3 is 1. The lowest BCUT2D eigenvalue weighted by atomic mass is 9.98. The Balaban J connectivity index is 1.40. The molecule has 3 N–H and O–H groups in total. The molecule has 1 heterocycles. The first-order valence-corrected chi connectivity index (χ1v) is 33.3. The van der Waals surface area contributed by atoms with E-state index in [0.29, 0.717) is 118 Å². The van der Waals surface area contributed by atoms with E-state index in [-0.39, 0.29) is 90.1 Å². The lowest BCUT2D eigenvalue weighted by Gasteiger charge is -2.37. The average molecular weight is 1330 g/mol. The SMILES string of the molecule is COCCOCCOCCOCCOCCOCCNC(=O)[C@@H](CCCCNC(=O)CCC(C(=O)OC(C)(C)C)N1CCN(CC(=O)OC(C)(C)C)CCN(CC(=O)OC(C)(C)C)CCN(CC(=O)OC(C)(C)C)CC1)NC(=O)OCC1c2ccccc2-c2ccccc21. The van der Waals surface area contributed by atoms with Crippen LogP contribution in [0.4, 0.5) is 4.79 Å². The van der Waals surface area contributed by atoms with Gasteiger partial charge in [0.15, 0.2) is 0 Å². The van der Waals surface area contributed by atoms with Gasteiger partial charge in [0.25, 0.3) is 0 Å². The fraction of sp³-hybridized carbons (Fsp3) is 0.725. The number of nitrogens with zero attached hydrogens (tertiary/aromatic N) is 4. The molecule has 1 aliphatic heterocycles. The highest BCUT2D eigenvalue weighted by molar-refractivity contribution is 5.86. The van der Waals surface area contributed by atoms with Crippen LogP contribution in [-0.4, -0.2) is 267 Å². The van der Waals surface area contributed by atoms with Crippen LogP contribution in [0.25, 0.3) is 11.1 Å². The number of carbonyl (C=O) groups is 7. The van der Waals surface area contributed by atoms with E-state index in [1.54, 1.807) is 90.2 Å². The van der Waals surface area contributed by atoms with Crippen LogP contribution >= 0.6 is 0 Å². The third kappa shape index (κ3) is 34.7. The second kappa shape index (κ2) is 41.9. The maximum atomic E-state index is 14.4. The molecular weight excluding hydrogens is 1210 g/mol. The van der Waals surface area contributed by atoms with E-state index in [1.807, 2.05) is 56.0 Å². The van der Waals surface area contributed by atoms with E-state index < -0.39 is 70.4 Å². The molecule has 532 valence electrons. The molecule has 1 saturated heterocycles. The number of carbonyl (C=O) groups excluding carboxylic acids is 7. The molecule has 2 aromatic carbocycles. The number of fused-ring (bicyclic) bond motifs is 3. The Bertz CT molecular complexity index is 2510.